The molecule has 1 aromatic carbocycles. The number of hydrogen-bond acceptors (Lipinski definition) is 5. The highest BCUT2D eigenvalue weighted by Gasteiger charge is 2.19. The first kappa shape index (κ1) is 15.2. The van der Waals surface area contributed by atoms with Gasteiger partial charge in [0.1, 0.15) is 0 Å². The van der Waals surface area contributed by atoms with Crippen molar-refractivity contribution in [1.29, 1.82) is 0 Å². The number of anilines is 1. The number of benzene rings is 1. The van der Waals surface area contributed by atoms with Crippen LogP contribution in [-0.4, -0.2) is 53.6 Å². The molecule has 1 heterocycles. The number of rotatable bonds is 4. The van der Waals surface area contributed by atoms with Crippen LogP contribution < -0.4 is 4.90 Å². The van der Waals surface area contributed by atoms with Crippen molar-refractivity contribution < 1.29 is 14.8 Å². The van der Waals surface area contributed by atoms with Gasteiger partial charge in [-0.3, -0.25) is 19.8 Å². The molecule has 0 atom stereocenters. The quantitative estimate of drug-likeness (QED) is 0.668. The van der Waals surface area contributed by atoms with Crippen LogP contribution in [0, 0.1) is 17.0 Å². The summed E-state index contributed by atoms with van der Waals surface area (Å²) in [6.45, 7) is 4.59. The van der Waals surface area contributed by atoms with Gasteiger partial charge >= 0.3 is 5.97 Å². The molecule has 0 unspecified atom stereocenters. The van der Waals surface area contributed by atoms with Crippen molar-refractivity contribution in [2.24, 2.45) is 0 Å². The fourth-order valence-corrected chi connectivity index (χ4v) is 2.57. The number of carboxylic acids is 1. The van der Waals surface area contributed by atoms with Crippen LogP contribution in [0.1, 0.15) is 12.0 Å². The Kier molecular flexibility index (Phi) is 4.74. The van der Waals surface area contributed by atoms with E-state index in [-0.39, 0.29) is 17.2 Å². The Morgan fingerprint density at radius 2 is 2.10 bits per heavy atom. The summed E-state index contributed by atoms with van der Waals surface area (Å²) in [5.41, 5.74) is 1.59. The number of hydrogen-bond donors (Lipinski definition) is 1. The summed E-state index contributed by atoms with van der Waals surface area (Å²) in [4.78, 5) is 25.4. The lowest BCUT2D eigenvalue weighted by atomic mass is 10.1. The van der Waals surface area contributed by atoms with Crippen molar-refractivity contribution in [3.8, 4) is 0 Å². The van der Waals surface area contributed by atoms with Gasteiger partial charge in [0.05, 0.1) is 11.5 Å². The van der Waals surface area contributed by atoms with E-state index in [2.05, 4.69) is 4.90 Å². The van der Waals surface area contributed by atoms with Crippen LogP contribution in [0.4, 0.5) is 11.4 Å². The highest BCUT2D eigenvalue weighted by Crippen LogP contribution is 2.25. The zero-order valence-corrected chi connectivity index (χ0v) is 12.0. The summed E-state index contributed by atoms with van der Waals surface area (Å²) in [6.07, 6.45) is 0.842. The van der Waals surface area contributed by atoms with Crippen LogP contribution in [0.3, 0.4) is 0 Å². The third-order valence-electron chi connectivity index (χ3n) is 3.70. The van der Waals surface area contributed by atoms with Crippen LogP contribution in [-0.2, 0) is 4.79 Å². The number of nitrogens with zero attached hydrogens (tertiary/aromatic N) is 3. The number of aliphatic carboxylic acids is 1. The van der Waals surface area contributed by atoms with E-state index in [1.165, 1.54) is 0 Å². The van der Waals surface area contributed by atoms with Crippen molar-refractivity contribution in [3.63, 3.8) is 0 Å². The summed E-state index contributed by atoms with van der Waals surface area (Å²) in [5, 5.41) is 19.8. The third kappa shape index (κ3) is 3.91. The zero-order chi connectivity index (χ0) is 15.4. The van der Waals surface area contributed by atoms with Crippen LogP contribution >= 0.6 is 0 Å². The topological polar surface area (TPSA) is 86.9 Å². The number of carboxylic acid groups (broad SMARTS) is 1. The van der Waals surface area contributed by atoms with E-state index in [1.807, 2.05) is 11.0 Å². The van der Waals surface area contributed by atoms with Crippen LogP contribution in [0.15, 0.2) is 18.2 Å². The molecule has 1 N–H and O–H groups in total. The standard InChI is InChI=1S/C14H19N3O4/c1-11-3-4-12(9-13(11)17(20)21)16-6-2-5-15(7-8-16)10-14(18)19/h3-4,9H,2,5-8,10H2,1H3,(H,18,19). The first-order chi connectivity index (χ1) is 9.97. The second kappa shape index (κ2) is 6.53. The van der Waals surface area contributed by atoms with Gasteiger partial charge in [0.25, 0.3) is 5.69 Å². The van der Waals surface area contributed by atoms with E-state index in [0.717, 1.165) is 25.2 Å². The van der Waals surface area contributed by atoms with Crippen molar-refractivity contribution >= 4 is 17.3 Å². The molecule has 1 aliphatic rings. The predicted octanol–water partition coefficient (Wildman–Crippen LogP) is 1.50. The average molecular weight is 293 g/mol. The largest absolute Gasteiger partial charge is 0.480 e. The zero-order valence-electron chi connectivity index (χ0n) is 12.0. The van der Waals surface area contributed by atoms with E-state index in [4.69, 9.17) is 5.11 Å². The molecule has 114 valence electrons. The lowest BCUT2D eigenvalue weighted by molar-refractivity contribution is -0.385. The second-order valence-electron chi connectivity index (χ2n) is 5.24. The summed E-state index contributed by atoms with van der Waals surface area (Å²) in [6, 6.07) is 5.24. The highest BCUT2D eigenvalue weighted by molar-refractivity contribution is 5.69. The lowest BCUT2D eigenvalue weighted by Gasteiger charge is -2.23. The van der Waals surface area contributed by atoms with Gasteiger partial charge in [0.15, 0.2) is 0 Å². The predicted molar refractivity (Wildman–Crippen MR) is 78.7 cm³/mol. The Morgan fingerprint density at radius 3 is 2.76 bits per heavy atom. The van der Waals surface area contributed by atoms with Crippen molar-refractivity contribution in [1.82, 2.24) is 4.90 Å². The first-order valence-corrected chi connectivity index (χ1v) is 6.91. The number of aryl methyl sites for hydroxylation is 1. The molecular formula is C14H19N3O4. The number of nitro groups is 1. The monoisotopic (exact) mass is 293 g/mol. The number of carbonyl (C=O) groups is 1. The Morgan fingerprint density at radius 1 is 1.33 bits per heavy atom. The molecule has 0 aliphatic carbocycles. The summed E-state index contributed by atoms with van der Waals surface area (Å²) < 4.78 is 0. The maximum absolute atomic E-state index is 11.0. The maximum Gasteiger partial charge on any atom is 0.317 e. The van der Waals surface area contributed by atoms with Crippen molar-refractivity contribution in [2.45, 2.75) is 13.3 Å². The van der Waals surface area contributed by atoms with E-state index in [1.54, 1.807) is 19.1 Å². The molecular weight excluding hydrogens is 274 g/mol. The summed E-state index contributed by atoms with van der Waals surface area (Å²) in [5.74, 6) is -0.825. The van der Waals surface area contributed by atoms with Crippen LogP contribution in [0.2, 0.25) is 0 Å². The van der Waals surface area contributed by atoms with Gasteiger partial charge in [-0.05, 0) is 19.4 Å². The Balaban J connectivity index is 2.10. The van der Waals surface area contributed by atoms with Crippen LogP contribution in [0.25, 0.3) is 0 Å². The van der Waals surface area contributed by atoms with Gasteiger partial charge in [-0.25, -0.2) is 0 Å². The van der Waals surface area contributed by atoms with Gasteiger partial charge < -0.3 is 10.0 Å². The minimum Gasteiger partial charge on any atom is -0.480 e. The molecule has 0 spiro atoms. The van der Waals surface area contributed by atoms with Gasteiger partial charge in [-0.1, -0.05) is 6.07 Å². The van der Waals surface area contributed by atoms with Gasteiger partial charge in [0.2, 0.25) is 0 Å². The average Bonchev–Trinajstić information content (AvgIpc) is 2.64. The fourth-order valence-electron chi connectivity index (χ4n) is 2.57. The first-order valence-electron chi connectivity index (χ1n) is 6.91. The Labute approximate surface area is 122 Å². The van der Waals surface area contributed by atoms with E-state index in [9.17, 15) is 14.9 Å². The molecule has 0 bridgehead atoms. The normalized spacial score (nSPS) is 16.5. The minimum atomic E-state index is -0.825. The fraction of sp³-hybridized carbons (Fsp3) is 0.500. The minimum absolute atomic E-state index is 0.0435. The van der Waals surface area contributed by atoms with E-state index in [0.29, 0.717) is 18.7 Å². The molecule has 7 nitrogen and oxygen atoms in total. The summed E-state index contributed by atoms with van der Waals surface area (Å²) in [7, 11) is 0. The van der Waals surface area contributed by atoms with E-state index < -0.39 is 5.97 Å². The molecule has 0 aromatic heterocycles. The third-order valence-corrected chi connectivity index (χ3v) is 3.70. The SMILES string of the molecule is Cc1ccc(N2CCCN(CC(=O)O)CC2)cc1[N+](=O)[O-]. The second-order valence-corrected chi connectivity index (χ2v) is 5.24. The molecule has 0 saturated carbocycles. The van der Waals surface area contributed by atoms with Crippen LogP contribution in [0.5, 0.6) is 0 Å². The Hall–Kier alpha value is -2.15. The van der Waals surface area contributed by atoms with Crippen molar-refractivity contribution in [3.05, 3.63) is 33.9 Å². The van der Waals surface area contributed by atoms with Crippen molar-refractivity contribution in [2.75, 3.05) is 37.6 Å². The Bertz CT molecular complexity index is 547. The lowest BCUT2D eigenvalue weighted by Crippen LogP contribution is -2.34. The molecule has 0 amide bonds. The molecule has 7 heteroatoms. The van der Waals surface area contributed by atoms with Gasteiger partial charge in [-0.15, -0.1) is 0 Å². The molecule has 1 saturated heterocycles. The molecule has 1 fully saturated rings. The smallest absolute Gasteiger partial charge is 0.317 e. The maximum atomic E-state index is 11.0. The molecule has 21 heavy (non-hydrogen) atoms. The van der Waals surface area contributed by atoms with Gasteiger partial charge in [-0.2, -0.15) is 0 Å². The summed E-state index contributed by atoms with van der Waals surface area (Å²) >= 11 is 0. The molecule has 1 aliphatic heterocycles. The van der Waals surface area contributed by atoms with E-state index >= 15 is 0 Å². The molecule has 2 rings (SSSR count). The highest BCUT2D eigenvalue weighted by atomic mass is 16.6. The molecule has 0 radical (unpaired) electrons. The molecule has 1 aromatic rings. The number of nitro benzene ring substituents is 1. The van der Waals surface area contributed by atoms with Gasteiger partial charge in [0, 0.05) is 43.5 Å².